The second-order valence-corrected chi connectivity index (χ2v) is 6.63. The fourth-order valence-corrected chi connectivity index (χ4v) is 4.30. The van der Waals surface area contributed by atoms with Gasteiger partial charge in [-0.3, -0.25) is 0 Å². The molecular formula is C17H20FNS. The number of rotatable bonds is 4. The lowest BCUT2D eigenvalue weighted by molar-refractivity contribution is 0.562. The molecule has 1 atom stereocenters. The van der Waals surface area contributed by atoms with Crippen LogP contribution in [0.2, 0.25) is 0 Å². The van der Waals surface area contributed by atoms with E-state index in [4.69, 9.17) is 0 Å². The van der Waals surface area contributed by atoms with Gasteiger partial charge >= 0.3 is 0 Å². The van der Waals surface area contributed by atoms with Gasteiger partial charge < -0.3 is 5.32 Å². The fraction of sp³-hybridized carbons (Fsp3) is 0.412. The molecule has 0 bridgehead atoms. The first-order valence-corrected chi connectivity index (χ1v) is 8.11. The number of nitrogens with one attached hydrogen (secondary N) is 1. The molecule has 1 aromatic carbocycles. The molecule has 0 amide bonds. The summed E-state index contributed by atoms with van der Waals surface area (Å²) in [6, 6.07) is 7.64. The fourth-order valence-electron chi connectivity index (χ4n) is 2.95. The molecule has 106 valence electrons. The molecule has 1 aromatic heterocycles. The number of thiophene rings is 1. The highest BCUT2D eigenvalue weighted by Gasteiger charge is 2.23. The monoisotopic (exact) mass is 289 g/mol. The van der Waals surface area contributed by atoms with Crippen LogP contribution in [0.3, 0.4) is 0 Å². The van der Waals surface area contributed by atoms with Crippen LogP contribution in [0.5, 0.6) is 0 Å². The summed E-state index contributed by atoms with van der Waals surface area (Å²) in [4.78, 5) is 2.75. The van der Waals surface area contributed by atoms with Crippen molar-refractivity contribution in [2.75, 3.05) is 6.54 Å². The van der Waals surface area contributed by atoms with E-state index in [0.717, 1.165) is 17.7 Å². The number of aryl methyl sites for hydroxylation is 3. The highest BCUT2D eigenvalue weighted by molar-refractivity contribution is 7.12. The van der Waals surface area contributed by atoms with Crippen molar-refractivity contribution in [3.63, 3.8) is 0 Å². The summed E-state index contributed by atoms with van der Waals surface area (Å²) in [6.45, 7) is 4.92. The standard InChI is InChI=1S/C17H20FNS/c1-3-19-17(13-9-11(2)7-8-14(13)18)16-10-12-5-4-6-15(12)20-16/h7-10,17,19H,3-6H2,1-2H3. The van der Waals surface area contributed by atoms with Crippen molar-refractivity contribution in [3.05, 3.63) is 56.5 Å². The summed E-state index contributed by atoms with van der Waals surface area (Å²) in [7, 11) is 0. The van der Waals surface area contributed by atoms with Gasteiger partial charge in [0, 0.05) is 15.3 Å². The molecular weight excluding hydrogens is 269 g/mol. The van der Waals surface area contributed by atoms with Crippen LogP contribution in [0.15, 0.2) is 24.3 Å². The van der Waals surface area contributed by atoms with Gasteiger partial charge in [0.1, 0.15) is 5.82 Å². The molecule has 0 fully saturated rings. The molecule has 2 aromatic rings. The Labute approximate surface area is 123 Å². The average molecular weight is 289 g/mol. The average Bonchev–Trinajstić information content (AvgIpc) is 3.00. The molecule has 0 saturated heterocycles. The lowest BCUT2D eigenvalue weighted by Crippen LogP contribution is -2.22. The van der Waals surface area contributed by atoms with E-state index in [-0.39, 0.29) is 11.9 Å². The zero-order chi connectivity index (χ0) is 14.1. The van der Waals surface area contributed by atoms with E-state index in [1.807, 2.05) is 30.4 Å². The SMILES string of the molecule is CCNC(c1cc2c(s1)CCC2)c1cc(C)ccc1F. The third-order valence-corrected chi connectivity index (χ3v) is 5.22. The Kier molecular flexibility index (Phi) is 3.90. The van der Waals surface area contributed by atoms with Gasteiger partial charge in [0.25, 0.3) is 0 Å². The van der Waals surface area contributed by atoms with Crippen LogP contribution in [0.1, 0.15) is 45.8 Å². The number of hydrogen-bond acceptors (Lipinski definition) is 2. The lowest BCUT2D eigenvalue weighted by Gasteiger charge is -2.18. The minimum atomic E-state index is -0.116. The maximum atomic E-state index is 14.2. The first-order chi connectivity index (χ1) is 9.69. The highest BCUT2D eigenvalue weighted by atomic mass is 32.1. The van der Waals surface area contributed by atoms with Crippen LogP contribution in [-0.2, 0) is 12.8 Å². The summed E-state index contributed by atoms with van der Waals surface area (Å²) in [5.74, 6) is -0.116. The van der Waals surface area contributed by atoms with E-state index in [9.17, 15) is 4.39 Å². The van der Waals surface area contributed by atoms with Gasteiger partial charge in [-0.25, -0.2) is 4.39 Å². The number of benzene rings is 1. The predicted molar refractivity (Wildman–Crippen MR) is 83.0 cm³/mol. The number of hydrogen-bond donors (Lipinski definition) is 1. The van der Waals surface area contributed by atoms with E-state index >= 15 is 0 Å². The lowest BCUT2D eigenvalue weighted by atomic mass is 10.0. The van der Waals surface area contributed by atoms with Gasteiger partial charge in [-0.2, -0.15) is 0 Å². The molecule has 0 spiro atoms. The minimum Gasteiger partial charge on any atom is -0.306 e. The second kappa shape index (κ2) is 5.66. The van der Waals surface area contributed by atoms with Crippen molar-refractivity contribution in [1.82, 2.24) is 5.32 Å². The van der Waals surface area contributed by atoms with Crippen LogP contribution in [0, 0.1) is 12.7 Å². The van der Waals surface area contributed by atoms with E-state index in [1.165, 1.54) is 34.6 Å². The molecule has 3 heteroatoms. The smallest absolute Gasteiger partial charge is 0.128 e. The summed E-state index contributed by atoms with van der Waals surface area (Å²) in [5.41, 5.74) is 3.35. The molecule has 1 heterocycles. The molecule has 1 N–H and O–H groups in total. The van der Waals surface area contributed by atoms with Gasteiger partial charge in [-0.15, -0.1) is 11.3 Å². The van der Waals surface area contributed by atoms with Crippen molar-refractivity contribution in [2.45, 2.75) is 39.2 Å². The Morgan fingerprint density at radius 3 is 2.90 bits per heavy atom. The quantitative estimate of drug-likeness (QED) is 0.880. The molecule has 0 radical (unpaired) electrons. The van der Waals surface area contributed by atoms with Gasteiger partial charge in [0.05, 0.1) is 6.04 Å². The Balaban J connectivity index is 2.01. The van der Waals surface area contributed by atoms with Crippen molar-refractivity contribution in [2.24, 2.45) is 0 Å². The Morgan fingerprint density at radius 1 is 1.30 bits per heavy atom. The minimum absolute atomic E-state index is 0.0181. The Bertz CT molecular complexity index is 596. The highest BCUT2D eigenvalue weighted by Crippen LogP contribution is 2.36. The topological polar surface area (TPSA) is 12.0 Å². The zero-order valence-electron chi connectivity index (χ0n) is 12.0. The third-order valence-electron chi connectivity index (χ3n) is 3.92. The molecule has 1 nitrogen and oxygen atoms in total. The van der Waals surface area contributed by atoms with E-state index in [2.05, 4.69) is 18.3 Å². The molecule has 1 aliphatic carbocycles. The van der Waals surface area contributed by atoms with Gasteiger partial charge in [0.15, 0.2) is 0 Å². The molecule has 3 rings (SSSR count). The van der Waals surface area contributed by atoms with Gasteiger partial charge in [-0.05, 0) is 50.4 Å². The van der Waals surface area contributed by atoms with Gasteiger partial charge in [-0.1, -0.05) is 24.6 Å². The van der Waals surface area contributed by atoms with Crippen molar-refractivity contribution >= 4 is 11.3 Å². The Hall–Kier alpha value is -1.19. The second-order valence-electron chi connectivity index (χ2n) is 5.47. The first-order valence-electron chi connectivity index (χ1n) is 7.30. The van der Waals surface area contributed by atoms with Crippen LogP contribution in [-0.4, -0.2) is 6.54 Å². The van der Waals surface area contributed by atoms with E-state index < -0.39 is 0 Å². The van der Waals surface area contributed by atoms with Crippen LogP contribution < -0.4 is 5.32 Å². The molecule has 0 saturated carbocycles. The maximum Gasteiger partial charge on any atom is 0.128 e. The summed E-state index contributed by atoms with van der Waals surface area (Å²) >= 11 is 1.85. The zero-order valence-corrected chi connectivity index (χ0v) is 12.8. The number of fused-ring (bicyclic) bond motifs is 1. The number of halogens is 1. The molecule has 1 unspecified atom stereocenters. The van der Waals surface area contributed by atoms with Crippen molar-refractivity contribution < 1.29 is 4.39 Å². The van der Waals surface area contributed by atoms with Crippen LogP contribution in [0.4, 0.5) is 4.39 Å². The maximum absolute atomic E-state index is 14.2. The predicted octanol–water partition coefficient (Wildman–Crippen LogP) is 4.38. The van der Waals surface area contributed by atoms with Crippen molar-refractivity contribution in [3.8, 4) is 0 Å². The summed E-state index contributed by atoms with van der Waals surface area (Å²) < 4.78 is 14.2. The van der Waals surface area contributed by atoms with E-state index in [0.29, 0.717) is 0 Å². The summed E-state index contributed by atoms with van der Waals surface area (Å²) in [6.07, 6.45) is 3.64. The van der Waals surface area contributed by atoms with Gasteiger partial charge in [0.2, 0.25) is 0 Å². The normalized spacial score (nSPS) is 15.3. The molecule has 0 aliphatic heterocycles. The first kappa shape index (κ1) is 13.8. The van der Waals surface area contributed by atoms with E-state index in [1.54, 1.807) is 6.07 Å². The van der Waals surface area contributed by atoms with Crippen molar-refractivity contribution in [1.29, 1.82) is 0 Å². The molecule has 1 aliphatic rings. The third kappa shape index (κ3) is 2.52. The van der Waals surface area contributed by atoms with Crippen LogP contribution in [0.25, 0.3) is 0 Å². The largest absolute Gasteiger partial charge is 0.306 e. The molecule has 20 heavy (non-hydrogen) atoms. The Morgan fingerprint density at radius 2 is 2.15 bits per heavy atom. The van der Waals surface area contributed by atoms with Crippen LogP contribution >= 0.6 is 11.3 Å². The summed E-state index contributed by atoms with van der Waals surface area (Å²) in [5, 5.41) is 3.44.